The van der Waals surface area contributed by atoms with Gasteiger partial charge in [-0.25, -0.2) is 4.39 Å². The highest BCUT2D eigenvalue weighted by Crippen LogP contribution is 2.30. The van der Waals surface area contributed by atoms with Gasteiger partial charge in [0.1, 0.15) is 11.5 Å². The Morgan fingerprint density at radius 2 is 2.06 bits per heavy atom. The number of halogens is 1. The fourth-order valence-corrected chi connectivity index (χ4v) is 1.38. The third-order valence-corrected chi connectivity index (χ3v) is 2.83. The van der Waals surface area contributed by atoms with E-state index < -0.39 is 10.7 Å². The zero-order chi connectivity index (χ0) is 13.2. The molecule has 0 amide bonds. The molecule has 0 bridgehead atoms. The fraction of sp³-hybridized carbons (Fsp3) is 0.500. The molecule has 1 N–H and O–H groups in total. The molecule has 0 aliphatic heterocycles. The third-order valence-electron chi connectivity index (χ3n) is 2.83. The summed E-state index contributed by atoms with van der Waals surface area (Å²) in [5.74, 6) is -0.559. The first-order valence-electron chi connectivity index (χ1n) is 5.49. The number of nitrogens with zero attached hydrogens (tertiary/aromatic N) is 1. The lowest BCUT2D eigenvalue weighted by Crippen LogP contribution is -2.30. The van der Waals surface area contributed by atoms with E-state index in [2.05, 4.69) is 5.32 Å². The number of hydrogen-bond donors (Lipinski definition) is 1. The predicted octanol–water partition coefficient (Wildman–Crippen LogP) is 3.64. The van der Waals surface area contributed by atoms with Gasteiger partial charge in [-0.2, -0.15) is 0 Å². The molecule has 1 rings (SSSR count). The van der Waals surface area contributed by atoms with E-state index in [0.717, 1.165) is 12.5 Å². The lowest BCUT2D eigenvalue weighted by atomic mass is 10.0. The number of nitrogens with one attached hydrogen (secondary N) is 1. The van der Waals surface area contributed by atoms with Crippen molar-refractivity contribution in [2.45, 2.75) is 39.7 Å². The van der Waals surface area contributed by atoms with Crippen LogP contribution in [0.4, 0.5) is 15.8 Å². The minimum absolute atomic E-state index is 0.227. The molecule has 0 aliphatic carbocycles. The summed E-state index contributed by atoms with van der Waals surface area (Å²) in [5.41, 5.74) is 0.259. The van der Waals surface area contributed by atoms with E-state index in [9.17, 15) is 14.5 Å². The van der Waals surface area contributed by atoms with E-state index in [1.54, 1.807) is 6.92 Å². The highest BCUT2D eigenvalue weighted by molar-refractivity contribution is 5.64. The van der Waals surface area contributed by atoms with Crippen LogP contribution in [-0.2, 0) is 0 Å². The van der Waals surface area contributed by atoms with Crippen LogP contribution in [0.5, 0.6) is 0 Å². The molecular formula is C12H17FN2O2. The average molecular weight is 240 g/mol. The van der Waals surface area contributed by atoms with Crippen molar-refractivity contribution in [3.05, 3.63) is 33.6 Å². The summed E-state index contributed by atoms with van der Waals surface area (Å²) in [7, 11) is 0. The van der Waals surface area contributed by atoms with Crippen molar-refractivity contribution in [1.29, 1.82) is 0 Å². The Kier molecular flexibility index (Phi) is 3.70. The second-order valence-corrected chi connectivity index (χ2v) is 4.74. The largest absolute Gasteiger partial charge is 0.375 e. The molecule has 0 spiro atoms. The SMILES string of the molecule is CCC(C)(C)Nc1cc(C)c(F)cc1[N+](=O)[O-]. The molecule has 17 heavy (non-hydrogen) atoms. The van der Waals surface area contributed by atoms with Gasteiger partial charge in [-0.1, -0.05) is 6.92 Å². The van der Waals surface area contributed by atoms with Crippen molar-refractivity contribution < 1.29 is 9.31 Å². The van der Waals surface area contributed by atoms with Crippen LogP contribution in [0, 0.1) is 22.9 Å². The number of nitro benzene ring substituents is 1. The quantitative estimate of drug-likeness (QED) is 0.645. The molecule has 0 saturated carbocycles. The van der Waals surface area contributed by atoms with Crippen molar-refractivity contribution in [2.75, 3.05) is 5.32 Å². The molecule has 1 aromatic carbocycles. The van der Waals surface area contributed by atoms with Crippen LogP contribution in [0.2, 0.25) is 0 Å². The molecule has 94 valence electrons. The monoisotopic (exact) mass is 240 g/mol. The van der Waals surface area contributed by atoms with Gasteiger partial charge in [-0.3, -0.25) is 10.1 Å². The number of nitro groups is 1. The maximum absolute atomic E-state index is 13.3. The fourth-order valence-electron chi connectivity index (χ4n) is 1.38. The summed E-state index contributed by atoms with van der Waals surface area (Å²) in [6.07, 6.45) is 0.806. The molecule has 0 saturated heterocycles. The third kappa shape index (κ3) is 3.15. The number of aryl methyl sites for hydroxylation is 1. The van der Waals surface area contributed by atoms with E-state index in [-0.39, 0.29) is 11.2 Å². The summed E-state index contributed by atoms with van der Waals surface area (Å²) in [6, 6.07) is 2.44. The van der Waals surface area contributed by atoms with Gasteiger partial charge in [-0.05, 0) is 38.8 Å². The number of benzene rings is 1. The molecule has 1 aromatic rings. The van der Waals surface area contributed by atoms with Gasteiger partial charge >= 0.3 is 0 Å². The summed E-state index contributed by atoms with van der Waals surface area (Å²) in [6.45, 7) is 7.45. The summed E-state index contributed by atoms with van der Waals surface area (Å²) >= 11 is 0. The van der Waals surface area contributed by atoms with Gasteiger partial charge in [0.2, 0.25) is 0 Å². The van der Waals surface area contributed by atoms with Crippen molar-refractivity contribution in [3.8, 4) is 0 Å². The molecule has 0 unspecified atom stereocenters. The van der Waals surface area contributed by atoms with Crippen molar-refractivity contribution in [2.24, 2.45) is 0 Å². The predicted molar refractivity (Wildman–Crippen MR) is 65.8 cm³/mol. The van der Waals surface area contributed by atoms with Gasteiger partial charge in [0.25, 0.3) is 5.69 Å². The zero-order valence-electron chi connectivity index (χ0n) is 10.5. The Labute approximate surface area is 100.0 Å². The summed E-state index contributed by atoms with van der Waals surface area (Å²) in [5, 5.41) is 13.9. The Hall–Kier alpha value is -1.65. The molecule has 0 aliphatic rings. The number of rotatable bonds is 4. The Morgan fingerprint density at radius 1 is 1.47 bits per heavy atom. The molecule has 0 aromatic heterocycles. The second-order valence-electron chi connectivity index (χ2n) is 4.74. The Bertz CT molecular complexity index is 444. The molecule has 4 nitrogen and oxygen atoms in total. The lowest BCUT2D eigenvalue weighted by Gasteiger charge is -2.25. The average Bonchev–Trinajstić information content (AvgIpc) is 2.22. The van der Waals surface area contributed by atoms with Gasteiger partial charge in [0.05, 0.1) is 11.0 Å². The standard InChI is InChI=1S/C12H17FN2O2/c1-5-12(3,4)14-10-6-8(2)9(13)7-11(10)15(16)17/h6-7,14H,5H2,1-4H3. The van der Waals surface area contributed by atoms with Crippen molar-refractivity contribution >= 4 is 11.4 Å². The van der Waals surface area contributed by atoms with Crippen LogP contribution in [0.3, 0.4) is 0 Å². The topological polar surface area (TPSA) is 55.2 Å². The second kappa shape index (κ2) is 4.69. The van der Waals surface area contributed by atoms with Gasteiger partial charge in [0, 0.05) is 5.54 Å². The summed E-state index contributed by atoms with van der Waals surface area (Å²) in [4.78, 5) is 10.3. The Balaban J connectivity index is 3.22. The van der Waals surface area contributed by atoms with Crippen LogP contribution in [0.25, 0.3) is 0 Å². The molecule has 0 heterocycles. The van der Waals surface area contributed by atoms with Crippen LogP contribution in [0.1, 0.15) is 32.8 Å². The van der Waals surface area contributed by atoms with Crippen LogP contribution < -0.4 is 5.32 Å². The molecule has 0 radical (unpaired) electrons. The van der Waals surface area contributed by atoms with E-state index in [4.69, 9.17) is 0 Å². The van der Waals surface area contributed by atoms with E-state index >= 15 is 0 Å². The van der Waals surface area contributed by atoms with E-state index in [1.807, 2.05) is 20.8 Å². The maximum Gasteiger partial charge on any atom is 0.295 e. The first kappa shape index (κ1) is 13.4. The summed E-state index contributed by atoms with van der Waals surface area (Å²) < 4.78 is 13.3. The van der Waals surface area contributed by atoms with Gasteiger partial charge in [-0.15, -0.1) is 0 Å². The van der Waals surface area contributed by atoms with Crippen molar-refractivity contribution in [1.82, 2.24) is 0 Å². The molecule has 0 fully saturated rings. The molecular weight excluding hydrogens is 223 g/mol. The highest BCUT2D eigenvalue weighted by Gasteiger charge is 2.22. The number of hydrogen-bond acceptors (Lipinski definition) is 3. The first-order chi connectivity index (χ1) is 7.76. The first-order valence-corrected chi connectivity index (χ1v) is 5.49. The van der Waals surface area contributed by atoms with Crippen LogP contribution in [-0.4, -0.2) is 10.5 Å². The van der Waals surface area contributed by atoms with Crippen molar-refractivity contribution in [3.63, 3.8) is 0 Å². The highest BCUT2D eigenvalue weighted by atomic mass is 19.1. The van der Waals surface area contributed by atoms with E-state index in [1.165, 1.54) is 6.07 Å². The minimum Gasteiger partial charge on any atom is -0.375 e. The smallest absolute Gasteiger partial charge is 0.295 e. The molecule has 5 heteroatoms. The van der Waals surface area contributed by atoms with Gasteiger partial charge in [0.15, 0.2) is 0 Å². The van der Waals surface area contributed by atoms with Gasteiger partial charge < -0.3 is 5.32 Å². The zero-order valence-corrected chi connectivity index (χ0v) is 10.5. The lowest BCUT2D eigenvalue weighted by molar-refractivity contribution is -0.384. The maximum atomic E-state index is 13.3. The number of anilines is 1. The van der Waals surface area contributed by atoms with E-state index in [0.29, 0.717) is 11.3 Å². The minimum atomic E-state index is -0.573. The van der Waals surface area contributed by atoms with Crippen LogP contribution in [0.15, 0.2) is 12.1 Å². The van der Waals surface area contributed by atoms with Crippen LogP contribution >= 0.6 is 0 Å². The Morgan fingerprint density at radius 3 is 2.53 bits per heavy atom. The molecule has 0 atom stereocenters. The normalized spacial score (nSPS) is 11.4.